The van der Waals surface area contributed by atoms with Gasteiger partial charge < -0.3 is 4.74 Å². The average molecular weight is 262 g/mol. The molecule has 0 atom stereocenters. The Morgan fingerprint density at radius 1 is 1.00 bits per heavy atom. The molecule has 0 bridgehead atoms. The number of halogens is 2. The van der Waals surface area contributed by atoms with Crippen LogP contribution < -0.4 is 4.74 Å². The minimum Gasteiger partial charge on any atom is -0.457 e. The SMILES string of the molecule is CCC(=O)c1ccc(Oc2ccc(F)c(F)c2)cc1. The second-order valence-corrected chi connectivity index (χ2v) is 3.98. The second-order valence-electron chi connectivity index (χ2n) is 3.98. The molecule has 0 radical (unpaired) electrons. The van der Waals surface area contributed by atoms with E-state index in [0.717, 1.165) is 12.1 Å². The highest BCUT2D eigenvalue weighted by atomic mass is 19.2. The van der Waals surface area contributed by atoms with Gasteiger partial charge in [0.2, 0.25) is 0 Å². The van der Waals surface area contributed by atoms with Crippen molar-refractivity contribution in [3.63, 3.8) is 0 Å². The summed E-state index contributed by atoms with van der Waals surface area (Å²) in [6, 6.07) is 9.82. The van der Waals surface area contributed by atoms with Gasteiger partial charge >= 0.3 is 0 Å². The number of Topliss-reactive ketones (excluding diaryl/α,β-unsaturated/α-hetero) is 1. The van der Waals surface area contributed by atoms with E-state index in [1.165, 1.54) is 6.07 Å². The van der Waals surface area contributed by atoms with Gasteiger partial charge in [0, 0.05) is 18.1 Å². The number of rotatable bonds is 4. The van der Waals surface area contributed by atoms with Gasteiger partial charge in [0.1, 0.15) is 11.5 Å². The average Bonchev–Trinajstić information content (AvgIpc) is 2.43. The molecule has 0 saturated heterocycles. The van der Waals surface area contributed by atoms with Crippen molar-refractivity contribution in [2.75, 3.05) is 0 Å². The van der Waals surface area contributed by atoms with Crippen LogP contribution >= 0.6 is 0 Å². The minimum atomic E-state index is -0.963. The van der Waals surface area contributed by atoms with Crippen molar-refractivity contribution in [2.24, 2.45) is 0 Å². The summed E-state index contributed by atoms with van der Waals surface area (Å²) < 4.78 is 31.1. The van der Waals surface area contributed by atoms with Crippen molar-refractivity contribution in [3.05, 3.63) is 59.7 Å². The van der Waals surface area contributed by atoms with Crippen molar-refractivity contribution in [1.29, 1.82) is 0 Å². The first-order chi connectivity index (χ1) is 9.10. The van der Waals surface area contributed by atoms with Gasteiger partial charge in [-0.25, -0.2) is 8.78 Å². The normalized spacial score (nSPS) is 10.3. The van der Waals surface area contributed by atoms with E-state index in [1.807, 2.05) is 0 Å². The van der Waals surface area contributed by atoms with Crippen molar-refractivity contribution >= 4 is 5.78 Å². The molecule has 0 aliphatic carbocycles. The quantitative estimate of drug-likeness (QED) is 0.766. The van der Waals surface area contributed by atoms with Crippen molar-refractivity contribution in [2.45, 2.75) is 13.3 Å². The molecule has 0 unspecified atom stereocenters. The van der Waals surface area contributed by atoms with Crippen LogP contribution in [0.25, 0.3) is 0 Å². The van der Waals surface area contributed by atoms with E-state index >= 15 is 0 Å². The Labute approximate surface area is 109 Å². The first-order valence-corrected chi connectivity index (χ1v) is 5.86. The number of carbonyl (C=O) groups is 1. The molecular weight excluding hydrogens is 250 g/mol. The molecule has 0 N–H and O–H groups in total. The number of hydrogen-bond acceptors (Lipinski definition) is 2. The smallest absolute Gasteiger partial charge is 0.162 e. The predicted molar refractivity (Wildman–Crippen MR) is 67.5 cm³/mol. The van der Waals surface area contributed by atoms with Crippen LogP contribution in [0.15, 0.2) is 42.5 Å². The van der Waals surface area contributed by atoms with Crippen LogP contribution in [-0.4, -0.2) is 5.78 Å². The molecule has 4 heteroatoms. The van der Waals surface area contributed by atoms with E-state index in [4.69, 9.17) is 4.74 Å². The van der Waals surface area contributed by atoms with Gasteiger partial charge in [-0.3, -0.25) is 4.79 Å². The molecule has 98 valence electrons. The summed E-state index contributed by atoms with van der Waals surface area (Å²) >= 11 is 0. The van der Waals surface area contributed by atoms with Crippen molar-refractivity contribution in [3.8, 4) is 11.5 Å². The van der Waals surface area contributed by atoms with E-state index in [-0.39, 0.29) is 11.5 Å². The summed E-state index contributed by atoms with van der Waals surface area (Å²) in [6.07, 6.45) is 0.434. The van der Waals surface area contributed by atoms with Crippen LogP contribution in [0, 0.1) is 11.6 Å². The minimum absolute atomic E-state index is 0.0411. The third-order valence-electron chi connectivity index (χ3n) is 2.62. The van der Waals surface area contributed by atoms with Gasteiger partial charge in [-0.15, -0.1) is 0 Å². The van der Waals surface area contributed by atoms with Gasteiger partial charge in [0.15, 0.2) is 17.4 Å². The largest absolute Gasteiger partial charge is 0.457 e. The Kier molecular flexibility index (Phi) is 3.90. The Bertz CT molecular complexity index is 592. The van der Waals surface area contributed by atoms with Crippen LogP contribution in [0.4, 0.5) is 8.78 Å². The predicted octanol–water partition coefficient (Wildman–Crippen LogP) is 4.35. The number of carbonyl (C=O) groups excluding carboxylic acids is 1. The van der Waals surface area contributed by atoms with E-state index in [0.29, 0.717) is 17.7 Å². The molecule has 19 heavy (non-hydrogen) atoms. The highest BCUT2D eigenvalue weighted by molar-refractivity contribution is 5.95. The number of ketones is 1. The molecule has 0 aromatic heterocycles. The van der Waals surface area contributed by atoms with Gasteiger partial charge in [0.05, 0.1) is 0 Å². The molecule has 2 nitrogen and oxygen atoms in total. The summed E-state index contributed by atoms with van der Waals surface area (Å²) in [5.74, 6) is -1.18. The summed E-state index contributed by atoms with van der Waals surface area (Å²) in [5, 5.41) is 0. The lowest BCUT2D eigenvalue weighted by Crippen LogP contribution is -1.95. The molecular formula is C15H12F2O2. The first-order valence-electron chi connectivity index (χ1n) is 5.86. The van der Waals surface area contributed by atoms with Gasteiger partial charge in [-0.05, 0) is 36.4 Å². The highest BCUT2D eigenvalue weighted by Gasteiger charge is 2.06. The van der Waals surface area contributed by atoms with Crippen LogP contribution in [0.2, 0.25) is 0 Å². The lowest BCUT2D eigenvalue weighted by molar-refractivity contribution is 0.0988. The topological polar surface area (TPSA) is 26.3 Å². The van der Waals surface area contributed by atoms with Crippen LogP contribution in [0.1, 0.15) is 23.7 Å². The second kappa shape index (κ2) is 5.61. The lowest BCUT2D eigenvalue weighted by Gasteiger charge is -2.06. The zero-order valence-electron chi connectivity index (χ0n) is 10.3. The van der Waals surface area contributed by atoms with E-state index in [1.54, 1.807) is 31.2 Å². The standard InChI is InChI=1S/C15H12F2O2/c1-2-15(18)10-3-5-11(6-4-10)19-12-7-8-13(16)14(17)9-12/h3-9H,2H2,1H3. The fourth-order valence-corrected chi connectivity index (χ4v) is 1.59. The molecule has 0 saturated carbocycles. The molecule has 0 aliphatic heterocycles. The Hall–Kier alpha value is -2.23. The zero-order chi connectivity index (χ0) is 13.8. The number of hydrogen-bond donors (Lipinski definition) is 0. The molecule has 0 amide bonds. The Balaban J connectivity index is 2.15. The molecule has 0 spiro atoms. The zero-order valence-corrected chi connectivity index (χ0v) is 10.3. The number of ether oxygens (including phenoxy) is 1. The van der Waals surface area contributed by atoms with E-state index in [2.05, 4.69) is 0 Å². The maximum atomic E-state index is 13.0. The van der Waals surface area contributed by atoms with Crippen molar-refractivity contribution < 1.29 is 18.3 Å². The van der Waals surface area contributed by atoms with Crippen LogP contribution in [-0.2, 0) is 0 Å². The number of benzene rings is 2. The van der Waals surface area contributed by atoms with E-state index < -0.39 is 11.6 Å². The van der Waals surface area contributed by atoms with Gasteiger partial charge in [-0.1, -0.05) is 6.92 Å². The first kappa shape index (κ1) is 13.2. The molecule has 0 heterocycles. The molecule has 2 aromatic carbocycles. The summed E-state index contributed by atoms with van der Waals surface area (Å²) in [5.41, 5.74) is 0.597. The third-order valence-corrected chi connectivity index (χ3v) is 2.62. The lowest BCUT2D eigenvalue weighted by atomic mass is 10.1. The third kappa shape index (κ3) is 3.16. The van der Waals surface area contributed by atoms with E-state index in [9.17, 15) is 13.6 Å². The van der Waals surface area contributed by atoms with Gasteiger partial charge in [0.25, 0.3) is 0 Å². The molecule has 0 fully saturated rings. The maximum absolute atomic E-state index is 13.0. The fourth-order valence-electron chi connectivity index (χ4n) is 1.59. The van der Waals surface area contributed by atoms with Gasteiger partial charge in [-0.2, -0.15) is 0 Å². The van der Waals surface area contributed by atoms with Crippen LogP contribution in [0.5, 0.6) is 11.5 Å². The Morgan fingerprint density at radius 2 is 1.63 bits per heavy atom. The molecule has 0 aliphatic rings. The Morgan fingerprint density at radius 3 is 2.21 bits per heavy atom. The molecule has 2 aromatic rings. The molecule has 2 rings (SSSR count). The van der Waals surface area contributed by atoms with Crippen LogP contribution in [0.3, 0.4) is 0 Å². The highest BCUT2D eigenvalue weighted by Crippen LogP contribution is 2.23. The monoisotopic (exact) mass is 262 g/mol. The summed E-state index contributed by atoms with van der Waals surface area (Å²) in [7, 11) is 0. The van der Waals surface area contributed by atoms with Crippen molar-refractivity contribution in [1.82, 2.24) is 0 Å². The maximum Gasteiger partial charge on any atom is 0.162 e. The summed E-state index contributed by atoms with van der Waals surface area (Å²) in [6.45, 7) is 1.79. The summed E-state index contributed by atoms with van der Waals surface area (Å²) in [4.78, 5) is 11.4. The fraction of sp³-hybridized carbons (Fsp3) is 0.133.